The largest absolute Gasteiger partial charge is 0.357 e. The minimum atomic E-state index is -0.0154. The van der Waals surface area contributed by atoms with E-state index in [1.807, 2.05) is 6.92 Å². The first-order valence-electron chi connectivity index (χ1n) is 9.74. The van der Waals surface area contributed by atoms with Crippen molar-refractivity contribution in [1.29, 1.82) is 0 Å². The second-order valence-electron chi connectivity index (χ2n) is 6.76. The average molecular weight is 360 g/mol. The summed E-state index contributed by atoms with van der Waals surface area (Å²) in [6.45, 7) is 9.75. The van der Waals surface area contributed by atoms with Crippen LogP contribution in [0.3, 0.4) is 0 Å². The van der Waals surface area contributed by atoms with Gasteiger partial charge in [-0.15, -0.1) is 0 Å². The maximum Gasteiger partial charge on any atom is 0.216 e. The van der Waals surface area contributed by atoms with Gasteiger partial charge in [0.05, 0.1) is 6.54 Å². The Labute approximate surface area is 157 Å². The molecule has 0 aliphatic carbocycles. The van der Waals surface area contributed by atoms with Crippen LogP contribution in [0.1, 0.15) is 44.2 Å². The van der Waals surface area contributed by atoms with E-state index in [1.54, 1.807) is 0 Å². The highest BCUT2D eigenvalue weighted by Gasteiger charge is 2.10. The van der Waals surface area contributed by atoms with Crippen LogP contribution < -0.4 is 16.0 Å². The summed E-state index contributed by atoms with van der Waals surface area (Å²) >= 11 is 0. The summed E-state index contributed by atoms with van der Waals surface area (Å²) < 4.78 is 0. The fourth-order valence-electron chi connectivity index (χ4n) is 3.06. The van der Waals surface area contributed by atoms with Gasteiger partial charge in [0, 0.05) is 33.1 Å². The van der Waals surface area contributed by atoms with Crippen molar-refractivity contribution in [2.24, 2.45) is 4.99 Å². The van der Waals surface area contributed by atoms with Crippen LogP contribution in [0.5, 0.6) is 0 Å². The van der Waals surface area contributed by atoms with Gasteiger partial charge in [-0.2, -0.15) is 0 Å². The number of carbonyl (C=O) groups is 1. The minimum Gasteiger partial charge on any atom is -0.357 e. The second-order valence-corrected chi connectivity index (χ2v) is 6.76. The Balaban J connectivity index is 1.80. The third-order valence-electron chi connectivity index (χ3n) is 4.43. The molecule has 0 spiro atoms. The molecule has 0 bridgehead atoms. The molecular formula is C20H33N5O. The number of hydrogen-bond donors (Lipinski definition) is 3. The van der Waals surface area contributed by atoms with Crippen LogP contribution in [-0.4, -0.2) is 49.5 Å². The summed E-state index contributed by atoms with van der Waals surface area (Å²) in [5.41, 5.74) is 2.58. The Morgan fingerprint density at radius 1 is 1.00 bits per heavy atom. The molecule has 0 radical (unpaired) electrons. The standard InChI is InChI=1S/C20H33N5O/c1-3-21-20(23-12-11-22-17(2)26)24-15-18-7-9-19(10-8-18)16-25-13-5-4-6-14-25/h7-10H,3-6,11-16H2,1-2H3,(H,22,26)(H2,21,23,24). The zero-order valence-electron chi connectivity index (χ0n) is 16.2. The summed E-state index contributed by atoms with van der Waals surface area (Å²) in [4.78, 5) is 18.0. The Morgan fingerprint density at radius 2 is 1.65 bits per heavy atom. The van der Waals surface area contributed by atoms with Gasteiger partial charge in [-0.3, -0.25) is 9.69 Å². The van der Waals surface area contributed by atoms with Gasteiger partial charge in [-0.1, -0.05) is 30.7 Å². The second kappa shape index (κ2) is 11.5. The van der Waals surface area contributed by atoms with Gasteiger partial charge in [-0.25, -0.2) is 4.99 Å². The highest BCUT2D eigenvalue weighted by atomic mass is 16.1. The summed E-state index contributed by atoms with van der Waals surface area (Å²) in [5.74, 6) is 0.758. The van der Waals surface area contributed by atoms with Gasteiger partial charge in [0.25, 0.3) is 0 Å². The van der Waals surface area contributed by atoms with Gasteiger partial charge in [-0.05, 0) is 44.0 Å². The number of likely N-dealkylation sites (tertiary alicyclic amines) is 1. The van der Waals surface area contributed by atoms with Crippen LogP contribution in [0.15, 0.2) is 29.3 Å². The lowest BCUT2D eigenvalue weighted by molar-refractivity contribution is -0.118. The van der Waals surface area contributed by atoms with E-state index in [9.17, 15) is 4.79 Å². The van der Waals surface area contributed by atoms with E-state index in [-0.39, 0.29) is 5.91 Å². The third kappa shape index (κ3) is 7.87. The van der Waals surface area contributed by atoms with Gasteiger partial charge in [0.15, 0.2) is 5.96 Å². The Hall–Kier alpha value is -2.08. The van der Waals surface area contributed by atoms with Crippen molar-refractivity contribution >= 4 is 11.9 Å². The van der Waals surface area contributed by atoms with E-state index in [0.29, 0.717) is 19.6 Å². The molecular weight excluding hydrogens is 326 g/mol. The van der Waals surface area contributed by atoms with Crippen LogP contribution in [0.4, 0.5) is 0 Å². The molecule has 1 heterocycles. The smallest absolute Gasteiger partial charge is 0.216 e. The number of piperidine rings is 1. The zero-order chi connectivity index (χ0) is 18.6. The van der Waals surface area contributed by atoms with Crippen molar-refractivity contribution in [1.82, 2.24) is 20.9 Å². The molecule has 1 saturated heterocycles. The molecule has 6 nitrogen and oxygen atoms in total. The van der Waals surface area contributed by atoms with Crippen molar-refractivity contribution in [3.05, 3.63) is 35.4 Å². The van der Waals surface area contributed by atoms with Crippen molar-refractivity contribution in [3.63, 3.8) is 0 Å². The molecule has 1 aromatic carbocycles. The quantitative estimate of drug-likeness (QED) is 0.376. The molecule has 1 aliphatic rings. The molecule has 1 aromatic rings. The lowest BCUT2D eigenvalue weighted by Gasteiger charge is -2.26. The van der Waals surface area contributed by atoms with Gasteiger partial charge in [0.1, 0.15) is 0 Å². The lowest BCUT2D eigenvalue weighted by atomic mass is 10.1. The Kier molecular flexibility index (Phi) is 8.96. The van der Waals surface area contributed by atoms with Crippen LogP contribution in [0, 0.1) is 0 Å². The van der Waals surface area contributed by atoms with E-state index in [0.717, 1.165) is 19.0 Å². The number of carbonyl (C=O) groups excluding carboxylic acids is 1. The van der Waals surface area contributed by atoms with E-state index < -0.39 is 0 Å². The summed E-state index contributed by atoms with van der Waals surface area (Å²) in [6.07, 6.45) is 4.03. The van der Waals surface area contributed by atoms with E-state index in [1.165, 1.54) is 50.4 Å². The van der Waals surface area contributed by atoms with Crippen LogP contribution in [-0.2, 0) is 17.9 Å². The topological polar surface area (TPSA) is 68.8 Å². The first-order valence-corrected chi connectivity index (χ1v) is 9.74. The number of guanidine groups is 1. The van der Waals surface area contributed by atoms with E-state index in [4.69, 9.17) is 0 Å². The Bertz CT molecular complexity index is 564. The highest BCUT2D eigenvalue weighted by Crippen LogP contribution is 2.13. The minimum absolute atomic E-state index is 0.0154. The molecule has 0 atom stereocenters. The predicted octanol–water partition coefficient (Wildman–Crippen LogP) is 1.86. The van der Waals surface area contributed by atoms with Gasteiger partial charge < -0.3 is 16.0 Å². The number of aliphatic imine (C=N–C) groups is 1. The molecule has 1 aliphatic heterocycles. The first-order chi connectivity index (χ1) is 12.7. The van der Waals surface area contributed by atoms with Crippen molar-refractivity contribution in [2.75, 3.05) is 32.7 Å². The molecule has 144 valence electrons. The van der Waals surface area contributed by atoms with E-state index >= 15 is 0 Å². The summed E-state index contributed by atoms with van der Waals surface area (Å²) in [6, 6.07) is 8.78. The predicted molar refractivity (Wildman–Crippen MR) is 107 cm³/mol. The molecule has 26 heavy (non-hydrogen) atoms. The van der Waals surface area contributed by atoms with Crippen LogP contribution in [0.2, 0.25) is 0 Å². The van der Waals surface area contributed by atoms with Crippen molar-refractivity contribution in [3.8, 4) is 0 Å². The summed E-state index contributed by atoms with van der Waals surface area (Å²) in [5, 5.41) is 9.22. The number of benzene rings is 1. The number of nitrogens with one attached hydrogen (secondary N) is 3. The maximum atomic E-state index is 10.9. The van der Waals surface area contributed by atoms with Gasteiger partial charge >= 0.3 is 0 Å². The van der Waals surface area contributed by atoms with E-state index in [2.05, 4.69) is 50.1 Å². The van der Waals surface area contributed by atoms with Gasteiger partial charge in [0.2, 0.25) is 5.91 Å². The molecule has 0 saturated carbocycles. The lowest BCUT2D eigenvalue weighted by Crippen LogP contribution is -2.41. The number of rotatable bonds is 8. The fourth-order valence-corrected chi connectivity index (χ4v) is 3.06. The van der Waals surface area contributed by atoms with Crippen LogP contribution >= 0.6 is 0 Å². The normalized spacial score (nSPS) is 15.5. The SMILES string of the molecule is CCNC(=NCc1ccc(CN2CCCCC2)cc1)NCCNC(C)=O. The number of hydrogen-bond acceptors (Lipinski definition) is 3. The molecule has 2 rings (SSSR count). The maximum absolute atomic E-state index is 10.9. The number of amides is 1. The first kappa shape index (κ1) is 20.2. The number of nitrogens with zero attached hydrogens (tertiary/aromatic N) is 2. The third-order valence-corrected chi connectivity index (χ3v) is 4.43. The Morgan fingerprint density at radius 3 is 2.31 bits per heavy atom. The average Bonchev–Trinajstić information content (AvgIpc) is 2.65. The highest BCUT2D eigenvalue weighted by molar-refractivity contribution is 5.79. The monoisotopic (exact) mass is 359 g/mol. The zero-order valence-corrected chi connectivity index (χ0v) is 16.2. The fraction of sp³-hybridized carbons (Fsp3) is 0.600. The summed E-state index contributed by atoms with van der Waals surface area (Å²) in [7, 11) is 0. The molecule has 0 aromatic heterocycles. The molecule has 3 N–H and O–H groups in total. The van der Waals surface area contributed by atoms with Crippen molar-refractivity contribution < 1.29 is 4.79 Å². The molecule has 1 fully saturated rings. The van der Waals surface area contributed by atoms with Crippen molar-refractivity contribution in [2.45, 2.75) is 46.2 Å². The van der Waals surface area contributed by atoms with Crippen LogP contribution in [0.25, 0.3) is 0 Å². The molecule has 1 amide bonds. The molecule has 6 heteroatoms. The molecule has 0 unspecified atom stereocenters.